The summed E-state index contributed by atoms with van der Waals surface area (Å²) in [5, 5.41) is 3.71. The molecule has 0 saturated carbocycles. The van der Waals surface area contributed by atoms with E-state index in [1.165, 1.54) is 32.5 Å². The molecular weight excluding hydrogens is 222 g/mol. The summed E-state index contributed by atoms with van der Waals surface area (Å²) < 4.78 is 0. The molecule has 0 spiro atoms. The molecule has 1 atom stereocenters. The Labute approximate surface area is 114 Å². The van der Waals surface area contributed by atoms with Crippen LogP contribution in [0.1, 0.15) is 40.5 Å². The Morgan fingerprint density at radius 2 is 1.72 bits per heavy atom. The molecule has 1 aliphatic heterocycles. The van der Waals surface area contributed by atoms with Gasteiger partial charge in [-0.1, -0.05) is 27.7 Å². The quantitative estimate of drug-likeness (QED) is 0.783. The predicted octanol–water partition coefficient (Wildman–Crippen LogP) is 2.03. The van der Waals surface area contributed by atoms with Crippen molar-refractivity contribution in [2.75, 3.05) is 33.7 Å². The summed E-state index contributed by atoms with van der Waals surface area (Å²) in [5.41, 5.74) is 0. The molecule has 0 aliphatic carbocycles. The van der Waals surface area contributed by atoms with Crippen molar-refractivity contribution in [3.63, 3.8) is 0 Å². The Morgan fingerprint density at radius 1 is 1.17 bits per heavy atom. The van der Waals surface area contributed by atoms with E-state index in [4.69, 9.17) is 0 Å². The number of nitrogens with one attached hydrogen (secondary N) is 1. The van der Waals surface area contributed by atoms with Gasteiger partial charge >= 0.3 is 0 Å². The van der Waals surface area contributed by atoms with Crippen LogP contribution in [0.5, 0.6) is 0 Å². The van der Waals surface area contributed by atoms with Crippen molar-refractivity contribution in [3.05, 3.63) is 0 Å². The fourth-order valence-corrected chi connectivity index (χ4v) is 2.78. The Kier molecular flexibility index (Phi) is 6.61. The number of hydrogen-bond acceptors (Lipinski definition) is 3. The maximum atomic E-state index is 3.71. The van der Waals surface area contributed by atoms with Crippen LogP contribution in [-0.4, -0.2) is 61.7 Å². The second-order valence-corrected chi connectivity index (χ2v) is 6.65. The minimum atomic E-state index is 0.572. The molecule has 0 bridgehead atoms. The largest absolute Gasteiger partial charge is 0.310 e. The third-order valence-corrected chi connectivity index (χ3v) is 4.15. The zero-order valence-corrected chi connectivity index (χ0v) is 13.2. The second-order valence-electron chi connectivity index (χ2n) is 6.65. The predicted molar refractivity (Wildman–Crippen MR) is 80.0 cm³/mol. The van der Waals surface area contributed by atoms with E-state index in [2.05, 4.69) is 56.9 Å². The van der Waals surface area contributed by atoms with Crippen LogP contribution in [0.2, 0.25) is 0 Å². The summed E-state index contributed by atoms with van der Waals surface area (Å²) in [7, 11) is 4.53. The summed E-state index contributed by atoms with van der Waals surface area (Å²) in [5.74, 6) is 0.695. The summed E-state index contributed by atoms with van der Waals surface area (Å²) >= 11 is 0. The van der Waals surface area contributed by atoms with Gasteiger partial charge in [0.25, 0.3) is 0 Å². The van der Waals surface area contributed by atoms with E-state index in [9.17, 15) is 0 Å². The van der Waals surface area contributed by atoms with Crippen LogP contribution < -0.4 is 5.32 Å². The zero-order chi connectivity index (χ0) is 13.7. The molecule has 0 aromatic carbocycles. The van der Waals surface area contributed by atoms with Crippen molar-refractivity contribution in [3.8, 4) is 0 Å². The van der Waals surface area contributed by atoms with Crippen molar-refractivity contribution < 1.29 is 0 Å². The van der Waals surface area contributed by atoms with Crippen LogP contribution in [-0.2, 0) is 0 Å². The fourth-order valence-electron chi connectivity index (χ4n) is 2.78. The number of rotatable bonds is 6. The maximum absolute atomic E-state index is 3.71. The SMILES string of the molecule is CC(C)N[C@@H](CN(C)C1CCN(C)CC1)C(C)C. The standard InChI is InChI=1S/C15H33N3/c1-12(2)15(16-13(3)4)11-18(6)14-7-9-17(5)10-8-14/h12-16H,7-11H2,1-6H3/t15-/m0/s1. The number of hydrogen-bond donors (Lipinski definition) is 1. The van der Waals surface area contributed by atoms with Gasteiger partial charge in [-0.05, 0) is 45.9 Å². The number of piperidine rings is 1. The average Bonchev–Trinajstić information content (AvgIpc) is 2.28. The lowest BCUT2D eigenvalue weighted by molar-refractivity contribution is 0.125. The molecule has 1 fully saturated rings. The third-order valence-electron chi connectivity index (χ3n) is 4.15. The van der Waals surface area contributed by atoms with Crippen molar-refractivity contribution >= 4 is 0 Å². The van der Waals surface area contributed by atoms with Crippen LogP contribution >= 0.6 is 0 Å². The van der Waals surface area contributed by atoms with Gasteiger partial charge in [0, 0.05) is 24.7 Å². The Hall–Kier alpha value is -0.120. The molecule has 1 N–H and O–H groups in total. The zero-order valence-electron chi connectivity index (χ0n) is 13.2. The normalized spacial score (nSPS) is 21.2. The first-order valence-corrected chi connectivity index (χ1v) is 7.55. The lowest BCUT2D eigenvalue weighted by atomic mass is 9.99. The van der Waals surface area contributed by atoms with Gasteiger partial charge in [0.1, 0.15) is 0 Å². The van der Waals surface area contributed by atoms with Gasteiger partial charge in [-0.15, -0.1) is 0 Å². The van der Waals surface area contributed by atoms with Gasteiger partial charge in [-0.2, -0.15) is 0 Å². The smallest absolute Gasteiger partial charge is 0.0220 e. The fraction of sp³-hybridized carbons (Fsp3) is 1.00. The van der Waals surface area contributed by atoms with Crippen molar-refractivity contribution in [1.29, 1.82) is 0 Å². The molecule has 1 heterocycles. The van der Waals surface area contributed by atoms with Crippen molar-refractivity contribution in [2.24, 2.45) is 5.92 Å². The van der Waals surface area contributed by atoms with Gasteiger partial charge in [-0.3, -0.25) is 0 Å². The first kappa shape index (κ1) is 15.9. The highest BCUT2D eigenvalue weighted by Gasteiger charge is 2.24. The molecule has 108 valence electrons. The lowest BCUT2D eigenvalue weighted by Gasteiger charge is -2.38. The van der Waals surface area contributed by atoms with Gasteiger partial charge < -0.3 is 15.1 Å². The second kappa shape index (κ2) is 7.46. The molecule has 0 radical (unpaired) electrons. The van der Waals surface area contributed by atoms with Crippen LogP contribution in [0.3, 0.4) is 0 Å². The van der Waals surface area contributed by atoms with Crippen LogP contribution in [0.4, 0.5) is 0 Å². The minimum Gasteiger partial charge on any atom is -0.310 e. The molecule has 0 aromatic heterocycles. The molecule has 1 aliphatic rings. The minimum absolute atomic E-state index is 0.572. The highest BCUT2D eigenvalue weighted by Crippen LogP contribution is 2.15. The van der Waals surface area contributed by atoms with Gasteiger partial charge in [0.05, 0.1) is 0 Å². The molecule has 3 nitrogen and oxygen atoms in total. The van der Waals surface area contributed by atoms with E-state index in [-0.39, 0.29) is 0 Å². The van der Waals surface area contributed by atoms with Gasteiger partial charge in [0.15, 0.2) is 0 Å². The van der Waals surface area contributed by atoms with E-state index in [1.807, 2.05) is 0 Å². The molecule has 1 saturated heterocycles. The highest BCUT2D eigenvalue weighted by atomic mass is 15.2. The lowest BCUT2D eigenvalue weighted by Crippen LogP contribution is -2.50. The molecule has 18 heavy (non-hydrogen) atoms. The Bertz CT molecular complexity index is 220. The maximum Gasteiger partial charge on any atom is 0.0220 e. The Balaban J connectivity index is 2.42. The van der Waals surface area contributed by atoms with E-state index in [1.54, 1.807) is 0 Å². The molecule has 0 amide bonds. The van der Waals surface area contributed by atoms with Gasteiger partial charge in [0.2, 0.25) is 0 Å². The van der Waals surface area contributed by atoms with E-state index >= 15 is 0 Å². The molecule has 1 rings (SSSR count). The summed E-state index contributed by atoms with van der Waals surface area (Å²) in [6, 6.07) is 1.95. The molecule has 0 unspecified atom stereocenters. The number of likely N-dealkylation sites (N-methyl/N-ethyl adjacent to an activating group) is 1. The first-order chi connectivity index (χ1) is 8.40. The van der Waals surface area contributed by atoms with Gasteiger partial charge in [-0.25, -0.2) is 0 Å². The monoisotopic (exact) mass is 255 g/mol. The van der Waals surface area contributed by atoms with Crippen molar-refractivity contribution in [2.45, 2.75) is 58.7 Å². The van der Waals surface area contributed by atoms with Crippen LogP contribution in [0.25, 0.3) is 0 Å². The van der Waals surface area contributed by atoms with Crippen LogP contribution in [0, 0.1) is 5.92 Å². The molecule has 3 heteroatoms. The highest BCUT2D eigenvalue weighted by molar-refractivity contribution is 4.82. The van der Waals surface area contributed by atoms with E-state index in [0.29, 0.717) is 18.0 Å². The molecule has 0 aromatic rings. The van der Waals surface area contributed by atoms with E-state index in [0.717, 1.165) is 6.04 Å². The topological polar surface area (TPSA) is 18.5 Å². The third kappa shape index (κ3) is 5.25. The average molecular weight is 255 g/mol. The first-order valence-electron chi connectivity index (χ1n) is 7.55. The number of likely N-dealkylation sites (tertiary alicyclic amines) is 1. The molecular formula is C15H33N3. The summed E-state index contributed by atoms with van der Waals surface area (Å²) in [4.78, 5) is 5.02. The number of nitrogens with zero attached hydrogens (tertiary/aromatic N) is 2. The Morgan fingerprint density at radius 3 is 2.17 bits per heavy atom. The van der Waals surface area contributed by atoms with Crippen LogP contribution in [0.15, 0.2) is 0 Å². The van der Waals surface area contributed by atoms with E-state index < -0.39 is 0 Å². The summed E-state index contributed by atoms with van der Waals surface area (Å²) in [6.07, 6.45) is 2.64. The summed E-state index contributed by atoms with van der Waals surface area (Å²) in [6.45, 7) is 12.8. The van der Waals surface area contributed by atoms with Crippen molar-refractivity contribution in [1.82, 2.24) is 15.1 Å².